The Labute approximate surface area is 142 Å². The molecule has 0 bridgehead atoms. The molecule has 0 spiro atoms. The van der Waals surface area contributed by atoms with Crippen molar-refractivity contribution in [2.45, 2.75) is 45.1 Å². The Morgan fingerprint density at radius 1 is 1.17 bits per heavy atom. The van der Waals surface area contributed by atoms with E-state index in [1.54, 1.807) is 24.3 Å². The summed E-state index contributed by atoms with van der Waals surface area (Å²) in [5.74, 6) is -1.05. The van der Waals surface area contributed by atoms with Gasteiger partial charge in [0.25, 0.3) is 0 Å². The van der Waals surface area contributed by atoms with Crippen LogP contribution in [0.3, 0.4) is 0 Å². The number of esters is 1. The van der Waals surface area contributed by atoms with Gasteiger partial charge in [-0.15, -0.1) is 0 Å². The lowest BCUT2D eigenvalue weighted by molar-refractivity contribution is -0.123. The zero-order chi connectivity index (χ0) is 17.5. The lowest BCUT2D eigenvalue weighted by atomic mass is 9.95. The van der Waals surface area contributed by atoms with E-state index in [9.17, 15) is 14.4 Å². The monoisotopic (exact) mass is 332 g/mol. The average molecular weight is 332 g/mol. The molecule has 0 unspecified atom stereocenters. The summed E-state index contributed by atoms with van der Waals surface area (Å²) in [5, 5.41) is 2.99. The van der Waals surface area contributed by atoms with Gasteiger partial charge >= 0.3 is 5.97 Å². The molecular weight excluding hydrogens is 308 g/mol. The fraction of sp³-hybridized carbons (Fsp3) is 0.500. The number of amides is 2. The van der Waals surface area contributed by atoms with Gasteiger partial charge in [-0.25, -0.2) is 4.79 Å². The first kappa shape index (κ1) is 18.0. The van der Waals surface area contributed by atoms with Crippen LogP contribution in [0.1, 0.15) is 49.4 Å². The summed E-state index contributed by atoms with van der Waals surface area (Å²) < 4.78 is 4.76. The van der Waals surface area contributed by atoms with E-state index in [1.807, 2.05) is 0 Å². The van der Waals surface area contributed by atoms with Crippen molar-refractivity contribution in [2.24, 2.45) is 0 Å². The maximum atomic E-state index is 12.3. The van der Waals surface area contributed by atoms with E-state index in [-0.39, 0.29) is 30.0 Å². The van der Waals surface area contributed by atoms with Gasteiger partial charge in [0.2, 0.25) is 11.8 Å². The third-order valence-electron chi connectivity index (χ3n) is 4.25. The zero-order valence-electron chi connectivity index (χ0n) is 14.2. The molecule has 1 fully saturated rings. The number of carbonyl (C=O) groups is 3. The Morgan fingerprint density at radius 2 is 1.83 bits per heavy atom. The highest BCUT2D eigenvalue weighted by Crippen LogP contribution is 2.22. The highest BCUT2D eigenvalue weighted by Gasteiger charge is 2.23. The van der Waals surface area contributed by atoms with Gasteiger partial charge in [0, 0.05) is 13.0 Å². The van der Waals surface area contributed by atoms with Crippen LogP contribution in [0.5, 0.6) is 0 Å². The molecule has 0 saturated heterocycles. The summed E-state index contributed by atoms with van der Waals surface area (Å²) in [6.07, 6.45) is 5.40. The number of hydrogen-bond donors (Lipinski definition) is 1. The molecule has 0 atom stereocenters. The SMILES string of the molecule is COC(=O)c1ccccc1N(CC(=O)NC1CCCCC1)C(C)=O. The van der Waals surface area contributed by atoms with Gasteiger partial charge in [0.15, 0.2) is 0 Å². The summed E-state index contributed by atoms with van der Waals surface area (Å²) in [6, 6.07) is 6.81. The standard InChI is InChI=1S/C18H24N2O4/c1-13(21)20(12-17(22)19-14-8-4-3-5-9-14)16-11-7-6-10-15(16)18(23)24-2/h6-7,10-11,14H,3-5,8-9,12H2,1-2H3,(H,19,22). The second-order valence-corrected chi connectivity index (χ2v) is 6.02. The van der Waals surface area contributed by atoms with E-state index < -0.39 is 5.97 Å². The van der Waals surface area contributed by atoms with Crippen molar-refractivity contribution in [2.75, 3.05) is 18.6 Å². The third-order valence-corrected chi connectivity index (χ3v) is 4.25. The second kappa shape index (κ2) is 8.47. The average Bonchev–Trinajstić information content (AvgIpc) is 2.59. The van der Waals surface area contributed by atoms with E-state index in [1.165, 1.54) is 25.4 Å². The van der Waals surface area contributed by atoms with Crippen molar-refractivity contribution >= 4 is 23.5 Å². The number of anilines is 1. The van der Waals surface area contributed by atoms with Crippen LogP contribution in [-0.2, 0) is 14.3 Å². The molecule has 0 aromatic heterocycles. The minimum Gasteiger partial charge on any atom is -0.465 e. The van der Waals surface area contributed by atoms with Crippen molar-refractivity contribution in [1.29, 1.82) is 0 Å². The van der Waals surface area contributed by atoms with E-state index in [0.717, 1.165) is 25.7 Å². The van der Waals surface area contributed by atoms with Crippen LogP contribution in [0.4, 0.5) is 5.69 Å². The molecule has 2 amide bonds. The summed E-state index contributed by atoms with van der Waals surface area (Å²) >= 11 is 0. The lowest BCUT2D eigenvalue weighted by Crippen LogP contribution is -2.44. The fourth-order valence-corrected chi connectivity index (χ4v) is 3.02. The highest BCUT2D eigenvalue weighted by atomic mass is 16.5. The number of para-hydroxylation sites is 1. The Hall–Kier alpha value is -2.37. The number of rotatable bonds is 5. The molecule has 1 saturated carbocycles. The Kier molecular flexibility index (Phi) is 6.35. The Morgan fingerprint density at radius 3 is 2.46 bits per heavy atom. The van der Waals surface area contributed by atoms with E-state index in [2.05, 4.69) is 5.32 Å². The number of ether oxygens (including phenoxy) is 1. The molecule has 6 nitrogen and oxygen atoms in total. The predicted molar refractivity (Wildman–Crippen MR) is 90.8 cm³/mol. The molecule has 24 heavy (non-hydrogen) atoms. The number of hydrogen-bond acceptors (Lipinski definition) is 4. The smallest absolute Gasteiger partial charge is 0.339 e. The molecule has 6 heteroatoms. The maximum Gasteiger partial charge on any atom is 0.339 e. The first-order chi connectivity index (χ1) is 11.5. The van der Waals surface area contributed by atoms with Crippen LogP contribution in [0.15, 0.2) is 24.3 Å². The number of methoxy groups -OCH3 is 1. The van der Waals surface area contributed by atoms with Gasteiger partial charge < -0.3 is 15.0 Å². The van der Waals surface area contributed by atoms with Gasteiger partial charge in [-0.1, -0.05) is 31.4 Å². The van der Waals surface area contributed by atoms with Crippen LogP contribution < -0.4 is 10.2 Å². The molecule has 2 rings (SSSR count). The quantitative estimate of drug-likeness (QED) is 0.839. The van der Waals surface area contributed by atoms with Crippen LogP contribution in [0, 0.1) is 0 Å². The third kappa shape index (κ3) is 4.57. The van der Waals surface area contributed by atoms with Crippen molar-refractivity contribution in [3.8, 4) is 0 Å². The molecule has 1 N–H and O–H groups in total. The summed E-state index contributed by atoms with van der Waals surface area (Å²) in [5.41, 5.74) is 0.649. The largest absolute Gasteiger partial charge is 0.465 e. The van der Waals surface area contributed by atoms with Crippen molar-refractivity contribution < 1.29 is 19.1 Å². The van der Waals surface area contributed by atoms with Gasteiger partial charge in [-0.05, 0) is 25.0 Å². The van der Waals surface area contributed by atoms with Gasteiger partial charge in [0.05, 0.1) is 18.4 Å². The van der Waals surface area contributed by atoms with Crippen LogP contribution in [0.25, 0.3) is 0 Å². The number of nitrogens with one attached hydrogen (secondary N) is 1. The van der Waals surface area contributed by atoms with Gasteiger partial charge in [-0.3, -0.25) is 9.59 Å². The van der Waals surface area contributed by atoms with Gasteiger partial charge in [0.1, 0.15) is 6.54 Å². The van der Waals surface area contributed by atoms with Gasteiger partial charge in [-0.2, -0.15) is 0 Å². The first-order valence-electron chi connectivity index (χ1n) is 8.27. The molecule has 1 aromatic carbocycles. The molecule has 130 valence electrons. The Balaban J connectivity index is 2.13. The van der Waals surface area contributed by atoms with Crippen LogP contribution in [0.2, 0.25) is 0 Å². The summed E-state index contributed by atoms with van der Waals surface area (Å²) in [6.45, 7) is 1.27. The summed E-state index contributed by atoms with van der Waals surface area (Å²) in [4.78, 5) is 37.6. The minimum atomic E-state index is -0.537. The Bertz CT molecular complexity index is 609. The van der Waals surface area contributed by atoms with Crippen molar-refractivity contribution in [3.05, 3.63) is 29.8 Å². The maximum absolute atomic E-state index is 12.3. The minimum absolute atomic E-state index is 0.111. The number of benzene rings is 1. The van der Waals surface area contributed by atoms with Crippen molar-refractivity contribution in [1.82, 2.24) is 5.32 Å². The molecule has 0 heterocycles. The van der Waals surface area contributed by atoms with E-state index >= 15 is 0 Å². The van der Waals surface area contributed by atoms with Crippen LogP contribution >= 0.6 is 0 Å². The molecule has 1 aliphatic rings. The lowest BCUT2D eigenvalue weighted by Gasteiger charge is -2.26. The predicted octanol–water partition coefficient (Wildman–Crippen LogP) is 2.28. The first-order valence-corrected chi connectivity index (χ1v) is 8.27. The number of nitrogens with zero attached hydrogens (tertiary/aromatic N) is 1. The fourth-order valence-electron chi connectivity index (χ4n) is 3.02. The second-order valence-electron chi connectivity index (χ2n) is 6.02. The zero-order valence-corrected chi connectivity index (χ0v) is 14.2. The normalized spacial score (nSPS) is 14.8. The number of carbonyl (C=O) groups excluding carboxylic acids is 3. The van der Waals surface area contributed by atoms with Crippen molar-refractivity contribution in [3.63, 3.8) is 0 Å². The molecule has 1 aromatic rings. The van der Waals surface area contributed by atoms with E-state index in [0.29, 0.717) is 5.69 Å². The topological polar surface area (TPSA) is 75.7 Å². The van der Waals surface area contributed by atoms with E-state index in [4.69, 9.17) is 4.74 Å². The van der Waals surface area contributed by atoms with Crippen LogP contribution in [-0.4, -0.2) is 37.5 Å². The molecule has 0 radical (unpaired) electrons. The molecule has 1 aliphatic carbocycles. The molecular formula is C18H24N2O4. The highest BCUT2D eigenvalue weighted by molar-refractivity contribution is 6.04. The molecule has 0 aliphatic heterocycles. The summed E-state index contributed by atoms with van der Waals surface area (Å²) in [7, 11) is 1.28.